The van der Waals surface area contributed by atoms with E-state index >= 15 is 0 Å². The predicted octanol–water partition coefficient (Wildman–Crippen LogP) is 3.94. The van der Waals surface area contributed by atoms with E-state index in [9.17, 15) is 9.59 Å². The minimum absolute atomic E-state index is 0.260. The average molecular weight is 416 g/mol. The van der Waals surface area contributed by atoms with E-state index in [-0.39, 0.29) is 11.4 Å². The molecule has 1 N–H and O–H groups in total. The van der Waals surface area contributed by atoms with E-state index in [1.165, 1.54) is 0 Å². The quantitative estimate of drug-likeness (QED) is 0.478. The molecule has 0 fully saturated rings. The Morgan fingerprint density at radius 1 is 1.06 bits per heavy atom. The number of ether oxygens (including phenoxy) is 1. The molecule has 0 aliphatic rings. The van der Waals surface area contributed by atoms with Gasteiger partial charge in [-0.15, -0.1) is 0 Å². The zero-order valence-corrected chi connectivity index (χ0v) is 17.0. The minimum Gasteiger partial charge on any atom is -0.452 e. The summed E-state index contributed by atoms with van der Waals surface area (Å²) in [5.74, 6) is -0.348. The molecule has 4 aromatic rings. The number of aromatic nitrogens is 3. The first-order valence-corrected chi connectivity index (χ1v) is 9.62. The Bertz CT molecular complexity index is 1230. The van der Waals surface area contributed by atoms with Crippen LogP contribution in [0.2, 0.25) is 0 Å². The van der Waals surface area contributed by atoms with Crippen LogP contribution >= 0.6 is 0 Å². The lowest BCUT2D eigenvalue weighted by atomic mass is 10.1. The van der Waals surface area contributed by atoms with Crippen molar-refractivity contribution in [1.82, 2.24) is 14.9 Å². The van der Waals surface area contributed by atoms with Gasteiger partial charge in [0, 0.05) is 17.8 Å². The Morgan fingerprint density at radius 3 is 2.58 bits per heavy atom. The largest absolute Gasteiger partial charge is 0.452 e. The van der Waals surface area contributed by atoms with Crippen LogP contribution in [0.5, 0.6) is 0 Å². The number of nitrogens with one attached hydrogen (secondary N) is 1. The average Bonchev–Trinajstić information content (AvgIpc) is 3.39. The first-order valence-electron chi connectivity index (χ1n) is 9.62. The van der Waals surface area contributed by atoms with Crippen molar-refractivity contribution in [2.45, 2.75) is 13.8 Å². The third kappa shape index (κ3) is 4.69. The van der Waals surface area contributed by atoms with Crippen LogP contribution in [-0.4, -0.2) is 33.4 Å². The van der Waals surface area contributed by atoms with Gasteiger partial charge in [-0.05, 0) is 32.0 Å². The van der Waals surface area contributed by atoms with E-state index < -0.39 is 18.5 Å². The molecule has 156 valence electrons. The van der Waals surface area contributed by atoms with Crippen LogP contribution < -0.4 is 5.32 Å². The number of esters is 1. The third-order valence-corrected chi connectivity index (χ3v) is 4.48. The molecule has 2 heterocycles. The number of benzene rings is 2. The maximum Gasteiger partial charge on any atom is 0.342 e. The van der Waals surface area contributed by atoms with Crippen molar-refractivity contribution in [3.05, 3.63) is 83.7 Å². The number of amides is 1. The maximum absolute atomic E-state index is 12.8. The van der Waals surface area contributed by atoms with Crippen LogP contribution in [0.3, 0.4) is 0 Å². The smallest absolute Gasteiger partial charge is 0.342 e. The molecule has 0 spiro atoms. The summed E-state index contributed by atoms with van der Waals surface area (Å²) in [6, 6.07) is 18.7. The van der Waals surface area contributed by atoms with Crippen molar-refractivity contribution in [2.24, 2.45) is 0 Å². The van der Waals surface area contributed by atoms with Gasteiger partial charge in [0.1, 0.15) is 17.0 Å². The van der Waals surface area contributed by atoms with Gasteiger partial charge < -0.3 is 14.6 Å². The summed E-state index contributed by atoms with van der Waals surface area (Å²) in [5.41, 5.74) is 3.36. The van der Waals surface area contributed by atoms with Crippen molar-refractivity contribution < 1.29 is 18.8 Å². The van der Waals surface area contributed by atoms with E-state index in [4.69, 9.17) is 9.26 Å². The van der Waals surface area contributed by atoms with Gasteiger partial charge >= 0.3 is 5.97 Å². The number of hydrogen-bond acceptors (Lipinski definition) is 6. The van der Waals surface area contributed by atoms with Gasteiger partial charge in [-0.25, -0.2) is 9.48 Å². The van der Waals surface area contributed by atoms with Gasteiger partial charge in [-0.1, -0.05) is 47.1 Å². The van der Waals surface area contributed by atoms with Gasteiger partial charge in [0.25, 0.3) is 5.91 Å². The third-order valence-electron chi connectivity index (χ3n) is 4.48. The molecule has 1 amide bonds. The van der Waals surface area contributed by atoms with E-state index in [1.54, 1.807) is 23.9 Å². The summed E-state index contributed by atoms with van der Waals surface area (Å²) >= 11 is 0. The fraction of sp³-hybridized carbons (Fsp3) is 0.130. The second-order valence-electron chi connectivity index (χ2n) is 6.99. The molecular weight excluding hydrogens is 396 g/mol. The first kappa shape index (κ1) is 20.1. The molecule has 0 unspecified atom stereocenters. The number of hydrogen-bond donors (Lipinski definition) is 1. The Balaban J connectivity index is 1.57. The van der Waals surface area contributed by atoms with E-state index in [1.807, 2.05) is 61.5 Å². The van der Waals surface area contributed by atoms with E-state index in [2.05, 4.69) is 15.6 Å². The summed E-state index contributed by atoms with van der Waals surface area (Å²) in [5, 5.41) is 10.8. The molecule has 0 atom stereocenters. The molecule has 31 heavy (non-hydrogen) atoms. The van der Waals surface area contributed by atoms with Crippen LogP contribution in [0.4, 0.5) is 5.82 Å². The highest BCUT2D eigenvalue weighted by molar-refractivity contribution is 5.98. The van der Waals surface area contributed by atoms with Crippen LogP contribution in [-0.2, 0) is 9.53 Å². The Kier molecular flexibility index (Phi) is 5.61. The molecule has 0 radical (unpaired) electrons. The fourth-order valence-corrected chi connectivity index (χ4v) is 3.05. The highest BCUT2D eigenvalue weighted by Crippen LogP contribution is 2.25. The molecule has 0 saturated carbocycles. The number of para-hydroxylation sites is 1. The van der Waals surface area contributed by atoms with Crippen molar-refractivity contribution in [2.75, 3.05) is 11.9 Å². The molecular formula is C23H20N4O4. The summed E-state index contributed by atoms with van der Waals surface area (Å²) in [4.78, 5) is 24.9. The number of carbonyl (C=O) groups excluding carboxylic acids is 2. The SMILES string of the molecule is Cc1cccc(-c2nn(-c3ccccc3)cc2C(=O)OCC(=O)Nc2cc(C)on2)c1. The summed E-state index contributed by atoms with van der Waals surface area (Å²) in [6.07, 6.45) is 1.61. The molecule has 0 aliphatic heterocycles. The topological polar surface area (TPSA) is 99.2 Å². The zero-order valence-electron chi connectivity index (χ0n) is 17.0. The standard InChI is InChI=1S/C23H20N4O4/c1-15-7-6-8-17(11-15)22-19(13-27(25-22)18-9-4-3-5-10-18)23(29)30-14-21(28)24-20-12-16(2)31-26-20/h3-13H,14H2,1-2H3,(H,24,26,28). The molecule has 0 bridgehead atoms. The summed E-state index contributed by atoms with van der Waals surface area (Å²) < 4.78 is 11.8. The lowest BCUT2D eigenvalue weighted by Gasteiger charge is -2.05. The van der Waals surface area contributed by atoms with Gasteiger partial charge in [0.05, 0.1) is 5.69 Å². The maximum atomic E-state index is 12.8. The number of nitrogens with zero attached hydrogens (tertiary/aromatic N) is 3. The molecule has 0 aliphatic carbocycles. The molecule has 8 nitrogen and oxygen atoms in total. The molecule has 2 aromatic carbocycles. The fourth-order valence-electron chi connectivity index (χ4n) is 3.05. The Hall–Kier alpha value is -4.20. The number of carbonyl (C=O) groups is 2. The zero-order chi connectivity index (χ0) is 21.8. The Morgan fingerprint density at radius 2 is 1.87 bits per heavy atom. The molecule has 2 aromatic heterocycles. The second-order valence-corrected chi connectivity index (χ2v) is 6.99. The van der Waals surface area contributed by atoms with E-state index in [0.29, 0.717) is 11.5 Å². The molecule has 4 rings (SSSR count). The monoisotopic (exact) mass is 416 g/mol. The highest BCUT2D eigenvalue weighted by Gasteiger charge is 2.21. The van der Waals surface area contributed by atoms with Crippen LogP contribution in [0.15, 0.2) is 71.4 Å². The summed E-state index contributed by atoms with van der Waals surface area (Å²) in [6.45, 7) is 3.21. The number of anilines is 1. The predicted molar refractivity (Wildman–Crippen MR) is 114 cm³/mol. The molecule has 0 saturated heterocycles. The van der Waals surface area contributed by atoms with Crippen LogP contribution in [0, 0.1) is 13.8 Å². The van der Waals surface area contributed by atoms with Crippen LogP contribution in [0.1, 0.15) is 21.7 Å². The van der Waals surface area contributed by atoms with Gasteiger partial charge in [0.2, 0.25) is 0 Å². The lowest BCUT2D eigenvalue weighted by molar-refractivity contribution is -0.119. The van der Waals surface area contributed by atoms with Gasteiger partial charge in [-0.2, -0.15) is 5.10 Å². The number of rotatable bonds is 6. The van der Waals surface area contributed by atoms with Crippen molar-refractivity contribution >= 4 is 17.7 Å². The van der Waals surface area contributed by atoms with Gasteiger partial charge in [0.15, 0.2) is 12.4 Å². The van der Waals surface area contributed by atoms with Crippen LogP contribution in [0.25, 0.3) is 16.9 Å². The normalized spacial score (nSPS) is 10.6. The van der Waals surface area contributed by atoms with E-state index in [0.717, 1.165) is 16.8 Å². The van der Waals surface area contributed by atoms with Crippen molar-refractivity contribution in [1.29, 1.82) is 0 Å². The van der Waals surface area contributed by atoms with Gasteiger partial charge in [-0.3, -0.25) is 4.79 Å². The summed E-state index contributed by atoms with van der Waals surface area (Å²) in [7, 11) is 0. The minimum atomic E-state index is -0.648. The first-order chi connectivity index (χ1) is 15.0. The number of aryl methyl sites for hydroxylation is 2. The second kappa shape index (κ2) is 8.66. The van der Waals surface area contributed by atoms with Crippen molar-refractivity contribution in [3.63, 3.8) is 0 Å². The lowest BCUT2D eigenvalue weighted by Crippen LogP contribution is -2.21. The Labute approximate surface area is 178 Å². The van der Waals surface area contributed by atoms with Crippen molar-refractivity contribution in [3.8, 4) is 16.9 Å². The molecule has 8 heteroatoms. The highest BCUT2D eigenvalue weighted by atomic mass is 16.5.